The molecule has 0 aliphatic carbocycles. The molecule has 8 heteroatoms. The Morgan fingerprint density at radius 3 is 2.91 bits per heavy atom. The van der Waals surface area contributed by atoms with E-state index in [1.165, 1.54) is 0 Å². The van der Waals surface area contributed by atoms with E-state index in [0.29, 0.717) is 18.7 Å². The van der Waals surface area contributed by atoms with Crippen molar-refractivity contribution >= 4 is 27.6 Å². The van der Waals surface area contributed by atoms with Gasteiger partial charge >= 0.3 is 0 Å². The van der Waals surface area contributed by atoms with E-state index < -0.39 is 5.92 Å². The van der Waals surface area contributed by atoms with Gasteiger partial charge in [-0.25, -0.2) is 13.8 Å². The van der Waals surface area contributed by atoms with Crippen molar-refractivity contribution in [1.82, 2.24) is 30.0 Å². The number of likely N-dealkylation sites (tertiary alicyclic amines) is 1. The monoisotopic (exact) mass is 446 g/mol. The predicted molar refractivity (Wildman–Crippen MR) is 127 cm³/mol. The molecule has 5 rings (SSSR count). The number of aromatic amines is 2. The van der Waals surface area contributed by atoms with Gasteiger partial charge in [0, 0.05) is 42.9 Å². The topological polar surface area (TPSA) is 73.5 Å². The maximum absolute atomic E-state index is 13.6. The Hall–Kier alpha value is -3.65. The average molecular weight is 447 g/mol. The second kappa shape index (κ2) is 8.37. The van der Waals surface area contributed by atoms with Crippen molar-refractivity contribution in [3.63, 3.8) is 0 Å². The van der Waals surface area contributed by atoms with E-state index in [-0.39, 0.29) is 13.0 Å². The molecule has 0 unspecified atom stereocenters. The molecule has 0 amide bonds. The average Bonchev–Trinajstić information content (AvgIpc) is 3.51. The first-order valence-corrected chi connectivity index (χ1v) is 10.8. The number of hydrogen-bond acceptors (Lipinski definition) is 4. The maximum Gasteiger partial charge on any atom is 0.261 e. The molecule has 33 heavy (non-hydrogen) atoms. The Bertz CT molecular complexity index is 1360. The van der Waals surface area contributed by atoms with Crippen LogP contribution in [-0.4, -0.2) is 55.6 Å². The van der Waals surface area contributed by atoms with Gasteiger partial charge in [-0.05, 0) is 42.3 Å². The molecule has 2 N–H and O–H groups in total. The lowest BCUT2D eigenvalue weighted by Crippen LogP contribution is -2.26. The lowest BCUT2D eigenvalue weighted by Gasteiger charge is -2.16. The summed E-state index contributed by atoms with van der Waals surface area (Å²) < 4.78 is 27.2. The highest BCUT2D eigenvalue weighted by molar-refractivity contribution is 5.95. The number of alkyl halides is 2. The Balaban J connectivity index is 1.47. The Morgan fingerprint density at radius 1 is 1.30 bits per heavy atom. The van der Waals surface area contributed by atoms with Gasteiger partial charge in [-0.15, -0.1) is 0 Å². The molecule has 0 aromatic carbocycles. The molecule has 1 aliphatic heterocycles. The van der Waals surface area contributed by atoms with Crippen molar-refractivity contribution in [2.75, 3.05) is 19.6 Å². The number of fused-ring (bicyclic) bond motifs is 2. The zero-order valence-electron chi connectivity index (χ0n) is 18.3. The molecule has 0 spiro atoms. The van der Waals surface area contributed by atoms with E-state index >= 15 is 0 Å². The summed E-state index contributed by atoms with van der Waals surface area (Å²) in [5, 5.41) is 8.34. The minimum Gasteiger partial charge on any atom is -0.352 e. The van der Waals surface area contributed by atoms with Gasteiger partial charge in [0.05, 0.1) is 23.3 Å². The molecular weight excluding hydrogens is 422 g/mol. The van der Waals surface area contributed by atoms with Gasteiger partial charge < -0.3 is 4.98 Å². The normalized spacial score (nSPS) is 17.3. The number of halogens is 2. The molecule has 4 aromatic rings. The molecule has 4 aromatic heterocycles. The van der Waals surface area contributed by atoms with Gasteiger partial charge in [0.25, 0.3) is 5.92 Å². The van der Waals surface area contributed by atoms with Crippen molar-refractivity contribution in [1.29, 1.82) is 0 Å². The number of H-pyrrole nitrogens is 2. The summed E-state index contributed by atoms with van der Waals surface area (Å²) >= 11 is 0. The smallest absolute Gasteiger partial charge is 0.261 e. The molecule has 1 aliphatic rings. The third kappa shape index (κ3) is 4.21. The second-order valence-electron chi connectivity index (χ2n) is 8.30. The van der Waals surface area contributed by atoms with Gasteiger partial charge in [-0.2, -0.15) is 5.10 Å². The lowest BCUT2D eigenvalue weighted by atomic mass is 10.0. The summed E-state index contributed by atoms with van der Waals surface area (Å²) in [6, 6.07) is 7.86. The Morgan fingerprint density at radius 2 is 2.18 bits per heavy atom. The first kappa shape index (κ1) is 21.2. The number of nitrogens with zero attached hydrogens (tertiary/aromatic N) is 4. The van der Waals surface area contributed by atoms with Crippen LogP contribution in [0.2, 0.25) is 0 Å². The van der Waals surface area contributed by atoms with Crippen molar-refractivity contribution in [2.24, 2.45) is 0 Å². The molecule has 0 atom stereocenters. The highest BCUT2D eigenvalue weighted by Gasteiger charge is 2.37. The lowest BCUT2D eigenvalue weighted by molar-refractivity contribution is 0.0131. The van der Waals surface area contributed by atoms with E-state index in [1.807, 2.05) is 43.3 Å². The highest BCUT2D eigenvalue weighted by atomic mass is 19.3. The zero-order valence-corrected chi connectivity index (χ0v) is 18.3. The number of pyridine rings is 2. The standard InChI is InChI=1S/C25H24F2N6/c1-3-16(14-33-9-7-25(26,27)15-33)10-17(4-2)18-11-19-23(31-32-24(19)29-13-18)22-12-21-20(30-22)6-5-8-28-21/h3-6,8,10-13,30H,1,7,9,14-15H2,2H3,(H,29,31,32)/b16-10+,17-4+. The van der Waals surface area contributed by atoms with Gasteiger partial charge in [0.15, 0.2) is 5.65 Å². The summed E-state index contributed by atoms with van der Waals surface area (Å²) in [6.07, 6.45) is 9.14. The number of aromatic nitrogens is 5. The third-order valence-electron chi connectivity index (χ3n) is 5.96. The van der Waals surface area contributed by atoms with Crippen LogP contribution in [-0.2, 0) is 0 Å². The van der Waals surface area contributed by atoms with Crippen LogP contribution in [0.5, 0.6) is 0 Å². The molecule has 0 saturated carbocycles. The van der Waals surface area contributed by atoms with Crippen LogP contribution in [0.1, 0.15) is 18.9 Å². The van der Waals surface area contributed by atoms with Crippen LogP contribution in [0.3, 0.4) is 0 Å². The van der Waals surface area contributed by atoms with Crippen LogP contribution >= 0.6 is 0 Å². The van der Waals surface area contributed by atoms with E-state index in [2.05, 4.69) is 31.7 Å². The fourth-order valence-corrected chi connectivity index (χ4v) is 4.25. The maximum atomic E-state index is 13.6. The van der Waals surface area contributed by atoms with Crippen molar-refractivity contribution in [3.05, 3.63) is 72.6 Å². The zero-order chi connectivity index (χ0) is 23.0. The van der Waals surface area contributed by atoms with Crippen LogP contribution in [0.4, 0.5) is 8.78 Å². The first-order chi connectivity index (χ1) is 16.0. The first-order valence-electron chi connectivity index (χ1n) is 10.8. The fourth-order valence-electron chi connectivity index (χ4n) is 4.25. The van der Waals surface area contributed by atoms with Gasteiger partial charge in [0.2, 0.25) is 0 Å². The number of hydrogen-bond donors (Lipinski definition) is 2. The van der Waals surface area contributed by atoms with Crippen LogP contribution in [0, 0.1) is 0 Å². The summed E-state index contributed by atoms with van der Waals surface area (Å²) in [4.78, 5) is 14.1. The fraction of sp³-hybridized carbons (Fsp3) is 0.240. The number of allylic oxidation sites excluding steroid dienone is 3. The van der Waals surface area contributed by atoms with Crippen molar-refractivity contribution in [3.8, 4) is 11.4 Å². The summed E-state index contributed by atoms with van der Waals surface area (Å²) in [5.74, 6) is -2.61. The van der Waals surface area contributed by atoms with Crippen LogP contribution in [0.25, 0.3) is 39.0 Å². The van der Waals surface area contributed by atoms with Crippen molar-refractivity contribution < 1.29 is 8.78 Å². The molecule has 0 bridgehead atoms. The summed E-state index contributed by atoms with van der Waals surface area (Å²) in [7, 11) is 0. The quantitative estimate of drug-likeness (QED) is 0.391. The van der Waals surface area contributed by atoms with Crippen LogP contribution < -0.4 is 0 Å². The van der Waals surface area contributed by atoms with Crippen LogP contribution in [0.15, 0.2) is 67.0 Å². The molecule has 1 fully saturated rings. The summed E-state index contributed by atoms with van der Waals surface area (Å²) in [5.41, 5.74) is 6.84. The van der Waals surface area contributed by atoms with E-state index in [9.17, 15) is 8.78 Å². The molecule has 1 saturated heterocycles. The van der Waals surface area contributed by atoms with E-state index in [4.69, 9.17) is 0 Å². The van der Waals surface area contributed by atoms with Gasteiger partial charge in [-0.1, -0.05) is 24.8 Å². The molecule has 0 radical (unpaired) electrons. The molecular formula is C25H24F2N6. The van der Waals surface area contributed by atoms with E-state index in [1.54, 1.807) is 23.4 Å². The van der Waals surface area contributed by atoms with Crippen molar-refractivity contribution in [2.45, 2.75) is 19.3 Å². The number of rotatable bonds is 6. The van der Waals surface area contributed by atoms with Gasteiger partial charge in [-0.3, -0.25) is 15.0 Å². The summed E-state index contributed by atoms with van der Waals surface area (Å²) in [6.45, 7) is 6.44. The SMILES string of the molecule is C=C/C(=C\C(=C/C)c1cnc2[nH]nc(-c3cc4ncccc4[nH]3)c2c1)CN1CCC(F)(F)C1. The minimum atomic E-state index is -2.61. The minimum absolute atomic E-state index is 0.0962. The highest BCUT2D eigenvalue weighted by Crippen LogP contribution is 2.31. The largest absolute Gasteiger partial charge is 0.352 e. The van der Waals surface area contributed by atoms with Gasteiger partial charge in [0.1, 0.15) is 5.69 Å². The molecule has 6 nitrogen and oxygen atoms in total. The predicted octanol–water partition coefficient (Wildman–Crippen LogP) is 5.36. The van der Waals surface area contributed by atoms with E-state index in [0.717, 1.165) is 44.5 Å². The Kier molecular flexibility index (Phi) is 5.38. The Labute approximate surface area is 189 Å². The third-order valence-corrected chi connectivity index (χ3v) is 5.96. The molecule has 168 valence electrons. The number of nitrogens with one attached hydrogen (secondary N) is 2. The molecule has 5 heterocycles. The second-order valence-corrected chi connectivity index (χ2v) is 8.30.